The van der Waals surface area contributed by atoms with Crippen molar-refractivity contribution < 1.29 is 19.4 Å². The minimum atomic E-state index is -0.841. The van der Waals surface area contributed by atoms with Crippen molar-refractivity contribution in [2.75, 3.05) is 39.8 Å². The fourth-order valence-corrected chi connectivity index (χ4v) is 3.90. The Morgan fingerprint density at radius 2 is 2.17 bits per heavy atom. The number of piperidine rings is 1. The van der Waals surface area contributed by atoms with Gasteiger partial charge >= 0.3 is 5.97 Å². The molecule has 6 heteroatoms. The molecule has 0 spiro atoms. The lowest BCUT2D eigenvalue weighted by atomic mass is 9.73. The van der Waals surface area contributed by atoms with Crippen LogP contribution >= 0.6 is 0 Å². The van der Waals surface area contributed by atoms with Crippen LogP contribution < -0.4 is 4.74 Å². The molecule has 2 aliphatic rings. The molecule has 24 heavy (non-hydrogen) atoms. The highest BCUT2D eigenvalue weighted by Crippen LogP contribution is 2.42. The predicted octanol–water partition coefficient (Wildman–Crippen LogP) is 1.24. The summed E-state index contributed by atoms with van der Waals surface area (Å²) in [4.78, 5) is 28.1. The summed E-state index contributed by atoms with van der Waals surface area (Å²) in [6.45, 7) is 4.06. The molecule has 0 saturated carbocycles. The zero-order valence-electron chi connectivity index (χ0n) is 14.2. The summed E-state index contributed by atoms with van der Waals surface area (Å²) in [6.07, 6.45) is 0.811. The van der Waals surface area contributed by atoms with Gasteiger partial charge in [0.05, 0.1) is 0 Å². The van der Waals surface area contributed by atoms with Gasteiger partial charge < -0.3 is 19.6 Å². The smallest absolute Gasteiger partial charge is 0.313 e. The molecule has 1 amide bonds. The van der Waals surface area contributed by atoms with Gasteiger partial charge in [-0.25, -0.2) is 0 Å². The SMILES string of the molecule is Cc1cccc(OCC(=O)N2C[C@H]3CCN(C)C[C@@]3(C(=O)O)C2)c1. The molecular formula is C18H24N2O4. The van der Waals surface area contributed by atoms with Crippen molar-refractivity contribution in [3.8, 4) is 5.75 Å². The zero-order chi connectivity index (χ0) is 17.3. The van der Waals surface area contributed by atoms with E-state index in [1.807, 2.05) is 43.1 Å². The van der Waals surface area contributed by atoms with Crippen LogP contribution in [-0.2, 0) is 9.59 Å². The molecular weight excluding hydrogens is 308 g/mol. The third-order valence-electron chi connectivity index (χ3n) is 5.24. The number of amides is 1. The van der Waals surface area contributed by atoms with E-state index in [1.54, 1.807) is 4.90 Å². The third kappa shape index (κ3) is 3.11. The second kappa shape index (κ2) is 6.43. The summed E-state index contributed by atoms with van der Waals surface area (Å²) in [6, 6.07) is 7.55. The van der Waals surface area contributed by atoms with Crippen LogP contribution in [0.3, 0.4) is 0 Å². The maximum absolute atomic E-state index is 12.5. The lowest BCUT2D eigenvalue weighted by Crippen LogP contribution is -2.52. The Bertz CT molecular complexity index is 648. The van der Waals surface area contributed by atoms with Crippen molar-refractivity contribution in [2.45, 2.75) is 13.3 Å². The normalized spacial score (nSPS) is 26.9. The topological polar surface area (TPSA) is 70.1 Å². The first kappa shape index (κ1) is 16.8. The Morgan fingerprint density at radius 1 is 1.38 bits per heavy atom. The second-order valence-electron chi connectivity index (χ2n) is 7.06. The van der Waals surface area contributed by atoms with Gasteiger partial charge in [0.2, 0.25) is 0 Å². The number of carbonyl (C=O) groups is 2. The van der Waals surface area contributed by atoms with E-state index >= 15 is 0 Å². The van der Waals surface area contributed by atoms with Gasteiger partial charge in [-0.05, 0) is 50.6 Å². The maximum atomic E-state index is 12.5. The van der Waals surface area contributed by atoms with Crippen molar-refractivity contribution in [3.63, 3.8) is 0 Å². The van der Waals surface area contributed by atoms with Gasteiger partial charge in [-0.3, -0.25) is 9.59 Å². The van der Waals surface area contributed by atoms with Crippen molar-refractivity contribution in [3.05, 3.63) is 29.8 Å². The first-order valence-corrected chi connectivity index (χ1v) is 8.30. The molecule has 2 fully saturated rings. The Labute approximate surface area is 142 Å². The van der Waals surface area contributed by atoms with E-state index in [9.17, 15) is 14.7 Å². The molecule has 1 N–H and O–H groups in total. The fourth-order valence-electron chi connectivity index (χ4n) is 3.90. The number of hydrogen-bond acceptors (Lipinski definition) is 4. The number of carboxylic acids is 1. The average Bonchev–Trinajstić information content (AvgIpc) is 2.93. The van der Waals surface area contributed by atoms with Crippen molar-refractivity contribution in [2.24, 2.45) is 11.3 Å². The number of rotatable bonds is 4. The van der Waals surface area contributed by atoms with Gasteiger partial charge in [0.15, 0.2) is 6.61 Å². The Balaban J connectivity index is 1.65. The molecule has 3 rings (SSSR count). The predicted molar refractivity (Wildman–Crippen MR) is 88.9 cm³/mol. The summed E-state index contributed by atoms with van der Waals surface area (Å²) >= 11 is 0. The van der Waals surface area contributed by atoms with Gasteiger partial charge in [0.25, 0.3) is 5.91 Å². The number of ether oxygens (including phenoxy) is 1. The maximum Gasteiger partial charge on any atom is 0.313 e. The van der Waals surface area contributed by atoms with Crippen LogP contribution in [0.15, 0.2) is 24.3 Å². The summed E-state index contributed by atoms with van der Waals surface area (Å²) in [5, 5.41) is 9.76. The fraction of sp³-hybridized carbons (Fsp3) is 0.556. The van der Waals surface area contributed by atoms with Crippen LogP contribution in [0.2, 0.25) is 0 Å². The number of likely N-dealkylation sites (tertiary alicyclic amines) is 2. The number of aryl methyl sites for hydroxylation is 1. The quantitative estimate of drug-likeness (QED) is 0.898. The molecule has 2 saturated heterocycles. The number of carbonyl (C=O) groups excluding carboxylic acids is 1. The zero-order valence-corrected chi connectivity index (χ0v) is 14.2. The number of nitrogens with zero attached hydrogens (tertiary/aromatic N) is 2. The molecule has 1 aromatic carbocycles. The Morgan fingerprint density at radius 3 is 2.88 bits per heavy atom. The first-order chi connectivity index (χ1) is 11.4. The van der Waals surface area contributed by atoms with E-state index in [2.05, 4.69) is 0 Å². The number of fused-ring (bicyclic) bond motifs is 1. The Kier molecular flexibility index (Phi) is 4.49. The highest BCUT2D eigenvalue weighted by atomic mass is 16.5. The summed E-state index contributed by atoms with van der Waals surface area (Å²) < 4.78 is 5.58. The summed E-state index contributed by atoms with van der Waals surface area (Å²) in [5.74, 6) is -0.259. The van der Waals surface area contributed by atoms with Crippen molar-refractivity contribution >= 4 is 11.9 Å². The van der Waals surface area contributed by atoms with Crippen molar-refractivity contribution in [1.82, 2.24) is 9.80 Å². The number of carboxylic acid groups (broad SMARTS) is 1. The van der Waals surface area contributed by atoms with E-state index in [0.717, 1.165) is 18.5 Å². The summed E-state index contributed by atoms with van der Waals surface area (Å²) in [5.41, 5.74) is 0.228. The minimum Gasteiger partial charge on any atom is -0.484 e. The van der Waals surface area contributed by atoms with E-state index in [1.165, 1.54) is 0 Å². The van der Waals surface area contributed by atoms with Gasteiger partial charge in [0, 0.05) is 19.6 Å². The van der Waals surface area contributed by atoms with Gasteiger partial charge in [-0.2, -0.15) is 0 Å². The van der Waals surface area contributed by atoms with Crippen LogP contribution in [-0.4, -0.2) is 66.6 Å². The van der Waals surface area contributed by atoms with E-state index in [0.29, 0.717) is 18.8 Å². The van der Waals surface area contributed by atoms with Crippen LogP contribution in [0.1, 0.15) is 12.0 Å². The standard InChI is InChI=1S/C18H24N2O4/c1-13-4-3-5-15(8-13)24-10-16(21)20-9-14-6-7-19(2)11-18(14,12-20)17(22)23/h3-5,8,14H,6-7,9-12H2,1-2H3,(H,22,23)/t14-,18-/m1/s1. The lowest BCUT2D eigenvalue weighted by Gasteiger charge is -2.39. The average molecular weight is 332 g/mol. The number of benzene rings is 1. The van der Waals surface area contributed by atoms with Gasteiger partial charge in [-0.15, -0.1) is 0 Å². The van der Waals surface area contributed by atoms with Crippen LogP contribution in [0, 0.1) is 18.3 Å². The second-order valence-corrected chi connectivity index (χ2v) is 7.06. The van der Waals surface area contributed by atoms with Crippen LogP contribution in [0.4, 0.5) is 0 Å². The highest BCUT2D eigenvalue weighted by Gasteiger charge is 2.55. The molecule has 6 nitrogen and oxygen atoms in total. The molecule has 2 heterocycles. The monoisotopic (exact) mass is 332 g/mol. The molecule has 2 atom stereocenters. The first-order valence-electron chi connectivity index (χ1n) is 8.30. The molecule has 1 aromatic rings. The van der Waals surface area contributed by atoms with Gasteiger partial charge in [-0.1, -0.05) is 12.1 Å². The van der Waals surface area contributed by atoms with Crippen LogP contribution in [0.5, 0.6) is 5.75 Å². The van der Waals surface area contributed by atoms with Crippen molar-refractivity contribution in [1.29, 1.82) is 0 Å². The largest absolute Gasteiger partial charge is 0.484 e. The molecule has 130 valence electrons. The molecule has 2 aliphatic heterocycles. The molecule has 0 aromatic heterocycles. The number of hydrogen-bond donors (Lipinski definition) is 1. The van der Waals surface area contributed by atoms with E-state index < -0.39 is 11.4 Å². The Hall–Kier alpha value is -2.08. The molecule has 0 aliphatic carbocycles. The minimum absolute atomic E-state index is 0.0223. The van der Waals surface area contributed by atoms with Crippen LogP contribution in [0.25, 0.3) is 0 Å². The highest BCUT2D eigenvalue weighted by molar-refractivity contribution is 5.82. The van der Waals surface area contributed by atoms with E-state index in [4.69, 9.17) is 4.74 Å². The third-order valence-corrected chi connectivity index (χ3v) is 5.24. The summed E-state index contributed by atoms with van der Waals surface area (Å²) in [7, 11) is 1.94. The molecule has 0 bridgehead atoms. The lowest BCUT2D eigenvalue weighted by molar-refractivity contribution is -0.154. The number of aliphatic carboxylic acids is 1. The molecule has 0 radical (unpaired) electrons. The van der Waals surface area contributed by atoms with E-state index in [-0.39, 0.29) is 25.0 Å². The van der Waals surface area contributed by atoms with Gasteiger partial charge in [0.1, 0.15) is 11.2 Å². The molecule has 0 unspecified atom stereocenters.